The number of fused-ring (bicyclic) bond motifs is 3. The Morgan fingerprint density at radius 3 is 2.02 bits per heavy atom. The lowest BCUT2D eigenvalue weighted by Gasteiger charge is -2.23. The summed E-state index contributed by atoms with van der Waals surface area (Å²) in [5.41, 5.74) is 10.8. The van der Waals surface area contributed by atoms with Gasteiger partial charge in [0.05, 0.1) is 0 Å². The van der Waals surface area contributed by atoms with Crippen LogP contribution in [0, 0.1) is 11.8 Å². The van der Waals surface area contributed by atoms with Crippen molar-refractivity contribution in [2.45, 2.75) is 143 Å². The average Bonchev–Trinajstić information content (AvgIpc) is 3.42. The maximum absolute atomic E-state index is 11.6. The van der Waals surface area contributed by atoms with Gasteiger partial charge in [0.1, 0.15) is 5.75 Å². The van der Waals surface area contributed by atoms with Crippen LogP contribution in [0.3, 0.4) is 0 Å². The molecule has 1 nitrogen and oxygen atoms in total. The van der Waals surface area contributed by atoms with Crippen molar-refractivity contribution in [3.8, 4) is 28.0 Å². The minimum Gasteiger partial charge on any atom is -0.507 e. The molecule has 3 aromatic carbocycles. The second kappa shape index (κ2) is 17.7. The van der Waals surface area contributed by atoms with E-state index in [1.165, 1.54) is 135 Å². The van der Waals surface area contributed by atoms with E-state index in [0.717, 1.165) is 30.7 Å². The van der Waals surface area contributed by atoms with E-state index < -0.39 is 0 Å². The molecule has 4 rings (SSSR count). The van der Waals surface area contributed by atoms with Gasteiger partial charge in [-0.25, -0.2) is 0 Å². The summed E-state index contributed by atoms with van der Waals surface area (Å²) in [7, 11) is 0. The number of rotatable bonds is 20. The molecular formula is C42H60O. The molecule has 0 aliphatic heterocycles. The minimum absolute atomic E-state index is 0.461. The van der Waals surface area contributed by atoms with E-state index in [4.69, 9.17) is 0 Å². The summed E-state index contributed by atoms with van der Waals surface area (Å²) in [6.07, 6.45) is 23.1. The van der Waals surface area contributed by atoms with Crippen molar-refractivity contribution in [2.75, 3.05) is 0 Å². The van der Waals surface area contributed by atoms with Crippen LogP contribution in [-0.4, -0.2) is 5.11 Å². The van der Waals surface area contributed by atoms with Crippen LogP contribution in [0.2, 0.25) is 0 Å². The number of phenolic OH excluding ortho intramolecular Hbond substituents is 1. The van der Waals surface area contributed by atoms with Gasteiger partial charge in [0.25, 0.3) is 0 Å². The van der Waals surface area contributed by atoms with Crippen LogP contribution in [0.4, 0.5) is 0 Å². The number of unbranched alkanes of at least 4 members (excludes halogenated alkanes) is 7. The fraction of sp³-hybridized carbons (Fsp3) is 0.571. The van der Waals surface area contributed by atoms with Gasteiger partial charge in [-0.3, -0.25) is 0 Å². The summed E-state index contributed by atoms with van der Waals surface area (Å²) in [6, 6.07) is 19.9. The zero-order chi connectivity index (χ0) is 30.4. The maximum Gasteiger partial charge on any atom is 0.123 e. The van der Waals surface area contributed by atoms with Crippen LogP contribution in [0.15, 0.2) is 54.6 Å². The van der Waals surface area contributed by atoms with Crippen molar-refractivity contribution < 1.29 is 5.11 Å². The van der Waals surface area contributed by atoms with Crippen molar-refractivity contribution in [1.29, 1.82) is 0 Å². The van der Waals surface area contributed by atoms with Gasteiger partial charge in [-0.15, -0.1) is 0 Å². The zero-order valence-corrected chi connectivity index (χ0v) is 28.0. The zero-order valence-electron chi connectivity index (χ0n) is 28.0. The Bertz CT molecular complexity index is 1250. The van der Waals surface area contributed by atoms with E-state index in [2.05, 4.69) is 76.2 Å². The average molecular weight is 581 g/mol. The topological polar surface area (TPSA) is 20.2 Å². The normalized spacial score (nSPS) is 13.6. The lowest BCUT2D eigenvalue weighted by molar-refractivity contribution is 0.369. The van der Waals surface area contributed by atoms with Gasteiger partial charge in [-0.1, -0.05) is 166 Å². The van der Waals surface area contributed by atoms with Crippen molar-refractivity contribution in [1.82, 2.24) is 0 Å². The lowest BCUT2D eigenvalue weighted by atomic mass is 9.82. The lowest BCUT2D eigenvalue weighted by Crippen LogP contribution is -2.10. The first kappa shape index (κ1) is 33.4. The van der Waals surface area contributed by atoms with E-state index in [9.17, 15) is 5.11 Å². The molecule has 0 bridgehead atoms. The molecule has 0 saturated heterocycles. The molecule has 0 fully saturated rings. The minimum atomic E-state index is 0.461. The number of phenols is 1. The molecule has 0 spiro atoms. The van der Waals surface area contributed by atoms with Crippen LogP contribution < -0.4 is 0 Å². The SMILES string of the molecule is CCCCCCCCCc1ccc(O)c(-c2cccc3c2Cc2ccccc2-3)c1CC(CC)CCCC(CC)CCCC. The van der Waals surface area contributed by atoms with Crippen LogP contribution in [-0.2, 0) is 19.3 Å². The number of benzene rings is 3. The Labute approximate surface area is 264 Å². The smallest absolute Gasteiger partial charge is 0.123 e. The molecule has 1 aliphatic carbocycles. The highest BCUT2D eigenvalue weighted by Gasteiger charge is 2.25. The summed E-state index contributed by atoms with van der Waals surface area (Å²) in [5, 5.41) is 11.6. The largest absolute Gasteiger partial charge is 0.507 e. The first-order valence-electron chi connectivity index (χ1n) is 18.1. The summed E-state index contributed by atoms with van der Waals surface area (Å²) < 4.78 is 0. The maximum atomic E-state index is 11.6. The van der Waals surface area contributed by atoms with Crippen molar-refractivity contribution >= 4 is 0 Å². The van der Waals surface area contributed by atoms with Gasteiger partial charge in [-0.2, -0.15) is 0 Å². The quantitative estimate of drug-likeness (QED) is 0.103. The third-order valence-corrected chi connectivity index (χ3v) is 10.4. The Hall–Kier alpha value is -2.54. The Morgan fingerprint density at radius 1 is 0.605 bits per heavy atom. The molecule has 1 aliphatic rings. The fourth-order valence-corrected chi connectivity index (χ4v) is 7.59. The molecule has 43 heavy (non-hydrogen) atoms. The van der Waals surface area contributed by atoms with Crippen LogP contribution in [0.1, 0.15) is 146 Å². The van der Waals surface area contributed by atoms with E-state index in [-0.39, 0.29) is 0 Å². The third-order valence-electron chi connectivity index (χ3n) is 10.4. The van der Waals surface area contributed by atoms with Crippen molar-refractivity contribution in [2.24, 2.45) is 11.8 Å². The van der Waals surface area contributed by atoms with Gasteiger partial charge in [0.2, 0.25) is 0 Å². The van der Waals surface area contributed by atoms with Crippen molar-refractivity contribution in [3.05, 3.63) is 76.9 Å². The van der Waals surface area contributed by atoms with Gasteiger partial charge in [-0.05, 0) is 82.5 Å². The number of hydrogen-bond donors (Lipinski definition) is 1. The first-order chi connectivity index (χ1) is 21.1. The summed E-state index contributed by atoms with van der Waals surface area (Å²) in [6.45, 7) is 9.37. The van der Waals surface area contributed by atoms with E-state index >= 15 is 0 Å². The Morgan fingerprint density at radius 2 is 1.26 bits per heavy atom. The predicted molar refractivity (Wildman–Crippen MR) is 188 cm³/mol. The second-order valence-electron chi connectivity index (χ2n) is 13.5. The predicted octanol–water partition coefficient (Wildman–Crippen LogP) is 12.9. The summed E-state index contributed by atoms with van der Waals surface area (Å²) in [4.78, 5) is 0. The summed E-state index contributed by atoms with van der Waals surface area (Å²) >= 11 is 0. The van der Waals surface area contributed by atoms with E-state index in [0.29, 0.717) is 11.7 Å². The number of aryl methyl sites for hydroxylation is 1. The standard InChI is InChI=1S/C42H60O/c1-5-9-11-12-13-14-15-23-34-28-29-41(43)42(38-27-19-26-37-36-25-17-16-24-35(36)31-40(37)38)39(34)30-33(8-4)22-18-21-32(7-3)20-10-6-2/h16-17,19,24-29,32-33,43H,5-15,18,20-23,30-31H2,1-4H3. The van der Waals surface area contributed by atoms with E-state index in [1.54, 1.807) is 0 Å². The first-order valence-corrected chi connectivity index (χ1v) is 18.1. The molecule has 234 valence electrons. The highest BCUT2D eigenvalue weighted by molar-refractivity contribution is 5.87. The molecule has 0 saturated carbocycles. The van der Waals surface area contributed by atoms with Crippen LogP contribution in [0.5, 0.6) is 5.75 Å². The summed E-state index contributed by atoms with van der Waals surface area (Å²) in [5.74, 6) is 2.00. The van der Waals surface area contributed by atoms with Crippen molar-refractivity contribution in [3.63, 3.8) is 0 Å². The van der Waals surface area contributed by atoms with Crippen LogP contribution >= 0.6 is 0 Å². The fourth-order valence-electron chi connectivity index (χ4n) is 7.59. The highest BCUT2D eigenvalue weighted by Crippen LogP contribution is 2.46. The molecule has 2 unspecified atom stereocenters. The Kier molecular flexibility index (Phi) is 13.7. The molecule has 0 radical (unpaired) electrons. The number of hydrogen-bond acceptors (Lipinski definition) is 1. The molecule has 3 aromatic rings. The molecule has 2 atom stereocenters. The van der Waals surface area contributed by atoms with Gasteiger partial charge in [0, 0.05) is 5.56 Å². The monoisotopic (exact) mass is 580 g/mol. The highest BCUT2D eigenvalue weighted by atomic mass is 16.3. The molecule has 0 amide bonds. The Balaban J connectivity index is 1.60. The van der Waals surface area contributed by atoms with Gasteiger partial charge in [0.15, 0.2) is 0 Å². The third kappa shape index (κ3) is 8.99. The molecule has 0 aromatic heterocycles. The number of aromatic hydroxyl groups is 1. The molecule has 1 N–H and O–H groups in total. The molecular weight excluding hydrogens is 520 g/mol. The molecule has 1 heteroatoms. The van der Waals surface area contributed by atoms with Crippen LogP contribution in [0.25, 0.3) is 22.3 Å². The molecule has 0 heterocycles. The van der Waals surface area contributed by atoms with Gasteiger partial charge >= 0.3 is 0 Å². The van der Waals surface area contributed by atoms with E-state index in [1.807, 2.05) is 6.07 Å². The van der Waals surface area contributed by atoms with Gasteiger partial charge < -0.3 is 5.11 Å². The second-order valence-corrected chi connectivity index (χ2v) is 13.5.